The first kappa shape index (κ1) is 21.8. The van der Waals surface area contributed by atoms with Crippen molar-refractivity contribution in [3.8, 4) is 0 Å². The van der Waals surface area contributed by atoms with Crippen LogP contribution in [-0.4, -0.2) is 61.5 Å². The highest BCUT2D eigenvalue weighted by Gasteiger charge is 2.50. The monoisotopic (exact) mass is 447 g/mol. The van der Waals surface area contributed by atoms with Crippen molar-refractivity contribution in [2.75, 3.05) is 19.3 Å². The zero-order valence-electron chi connectivity index (χ0n) is 18.0. The van der Waals surface area contributed by atoms with Crippen molar-refractivity contribution in [3.63, 3.8) is 0 Å². The number of amides is 4. The molecule has 1 aliphatic carbocycles. The standard InChI is InChI=1S/C22H29N3O5S/c1-22(16-9-11-17(12-10-16)31(2,29)30)20(27)25(21(28)23-22)14-19(26)24-13-5-7-15-6-3-4-8-18(15)24/h9-12,15,18H,3-8,13-14H2,1-2H3,(H,23,28). The largest absolute Gasteiger partial charge is 0.338 e. The van der Waals surface area contributed by atoms with Crippen molar-refractivity contribution in [3.05, 3.63) is 29.8 Å². The van der Waals surface area contributed by atoms with Crippen LogP contribution in [-0.2, 0) is 25.0 Å². The second kappa shape index (κ2) is 7.93. The Bertz CT molecular complexity index is 1000. The molecule has 0 bridgehead atoms. The third-order valence-electron chi connectivity index (χ3n) is 6.99. The van der Waals surface area contributed by atoms with Gasteiger partial charge in [0.15, 0.2) is 9.84 Å². The summed E-state index contributed by atoms with van der Waals surface area (Å²) in [5.41, 5.74) is -0.874. The highest BCUT2D eigenvalue weighted by molar-refractivity contribution is 7.90. The average Bonchev–Trinajstić information content (AvgIpc) is 2.96. The first-order chi connectivity index (χ1) is 14.6. The van der Waals surface area contributed by atoms with Crippen molar-refractivity contribution < 1.29 is 22.8 Å². The Morgan fingerprint density at radius 3 is 2.42 bits per heavy atom. The fourth-order valence-electron chi connectivity index (χ4n) is 5.23. The number of carbonyl (C=O) groups excluding carboxylic acids is 3. The van der Waals surface area contributed by atoms with Crippen molar-refractivity contribution >= 4 is 27.7 Å². The average molecular weight is 448 g/mol. The quantitative estimate of drug-likeness (QED) is 0.712. The lowest BCUT2D eigenvalue weighted by atomic mass is 9.78. The highest BCUT2D eigenvalue weighted by atomic mass is 32.2. The zero-order chi connectivity index (χ0) is 22.4. The van der Waals surface area contributed by atoms with E-state index < -0.39 is 27.3 Å². The number of hydrogen-bond donors (Lipinski definition) is 1. The number of urea groups is 1. The van der Waals surface area contributed by atoms with E-state index in [2.05, 4.69) is 5.32 Å². The summed E-state index contributed by atoms with van der Waals surface area (Å²) in [5.74, 6) is -0.167. The number of piperidine rings is 1. The number of rotatable bonds is 4. The second-order valence-electron chi connectivity index (χ2n) is 9.08. The van der Waals surface area contributed by atoms with E-state index in [1.165, 1.54) is 30.7 Å². The third-order valence-corrected chi connectivity index (χ3v) is 8.12. The number of hydrogen-bond acceptors (Lipinski definition) is 5. The Hall–Kier alpha value is -2.42. The maximum atomic E-state index is 13.2. The van der Waals surface area contributed by atoms with Gasteiger partial charge in [-0.25, -0.2) is 13.2 Å². The molecule has 168 valence electrons. The van der Waals surface area contributed by atoms with Gasteiger partial charge < -0.3 is 10.2 Å². The molecule has 2 heterocycles. The summed E-state index contributed by atoms with van der Waals surface area (Å²) >= 11 is 0. The number of benzene rings is 1. The van der Waals surface area contributed by atoms with E-state index in [0.717, 1.165) is 43.3 Å². The van der Waals surface area contributed by atoms with Crippen LogP contribution in [0.3, 0.4) is 0 Å². The van der Waals surface area contributed by atoms with Crippen LogP contribution < -0.4 is 5.32 Å². The van der Waals surface area contributed by atoms with Crippen LogP contribution in [0, 0.1) is 5.92 Å². The lowest BCUT2D eigenvalue weighted by Gasteiger charge is -2.44. The van der Waals surface area contributed by atoms with Gasteiger partial charge in [-0.15, -0.1) is 0 Å². The van der Waals surface area contributed by atoms with Gasteiger partial charge >= 0.3 is 6.03 Å². The van der Waals surface area contributed by atoms with E-state index >= 15 is 0 Å². The molecular weight excluding hydrogens is 418 g/mol. The van der Waals surface area contributed by atoms with Crippen LogP contribution in [0.4, 0.5) is 4.79 Å². The van der Waals surface area contributed by atoms with Crippen LogP contribution in [0.15, 0.2) is 29.2 Å². The molecule has 2 aliphatic heterocycles. The summed E-state index contributed by atoms with van der Waals surface area (Å²) in [7, 11) is -3.37. The lowest BCUT2D eigenvalue weighted by molar-refractivity contribution is -0.142. The number of nitrogens with one attached hydrogen (secondary N) is 1. The summed E-state index contributed by atoms with van der Waals surface area (Å²) in [6.45, 7) is 1.98. The van der Waals surface area contributed by atoms with Gasteiger partial charge in [-0.1, -0.05) is 25.0 Å². The predicted octanol–water partition coefficient (Wildman–Crippen LogP) is 2.04. The van der Waals surface area contributed by atoms with Gasteiger partial charge in [-0.05, 0) is 56.2 Å². The molecule has 0 radical (unpaired) electrons. The SMILES string of the molecule is CC1(c2ccc(S(C)(=O)=O)cc2)NC(=O)N(CC(=O)N2CCCC3CCCCC32)C1=O. The minimum Gasteiger partial charge on any atom is -0.338 e. The Labute approximate surface area is 182 Å². The van der Waals surface area contributed by atoms with Crippen molar-refractivity contribution in [2.45, 2.75) is 61.9 Å². The van der Waals surface area contributed by atoms with E-state index in [9.17, 15) is 22.8 Å². The van der Waals surface area contributed by atoms with E-state index in [1.54, 1.807) is 6.92 Å². The molecular formula is C22H29N3O5S. The molecule has 0 aromatic heterocycles. The minimum absolute atomic E-state index is 0.135. The van der Waals surface area contributed by atoms with Gasteiger partial charge in [0.2, 0.25) is 5.91 Å². The first-order valence-corrected chi connectivity index (χ1v) is 12.7. The minimum atomic E-state index is -3.37. The van der Waals surface area contributed by atoms with Gasteiger partial charge in [0.1, 0.15) is 12.1 Å². The van der Waals surface area contributed by atoms with Crippen LogP contribution in [0.5, 0.6) is 0 Å². The number of carbonyl (C=O) groups is 3. The highest BCUT2D eigenvalue weighted by Crippen LogP contribution is 2.36. The van der Waals surface area contributed by atoms with Gasteiger partial charge in [-0.3, -0.25) is 14.5 Å². The Balaban J connectivity index is 1.51. The number of imide groups is 1. The number of likely N-dealkylation sites (tertiary alicyclic amines) is 1. The summed E-state index contributed by atoms with van der Waals surface area (Å²) in [5, 5.41) is 2.69. The number of fused-ring (bicyclic) bond motifs is 1. The lowest BCUT2D eigenvalue weighted by Crippen LogP contribution is -2.53. The second-order valence-corrected chi connectivity index (χ2v) is 11.1. The van der Waals surface area contributed by atoms with Crippen LogP contribution >= 0.6 is 0 Å². The van der Waals surface area contributed by atoms with E-state index in [1.807, 2.05) is 4.90 Å². The molecule has 3 atom stereocenters. The topological polar surface area (TPSA) is 104 Å². The maximum Gasteiger partial charge on any atom is 0.325 e. The molecule has 4 rings (SSSR count). The smallest absolute Gasteiger partial charge is 0.325 e. The fraction of sp³-hybridized carbons (Fsp3) is 0.591. The van der Waals surface area contributed by atoms with Crippen molar-refractivity contribution in [2.24, 2.45) is 5.92 Å². The maximum absolute atomic E-state index is 13.2. The van der Waals surface area contributed by atoms with Crippen molar-refractivity contribution in [1.82, 2.24) is 15.1 Å². The summed E-state index contributed by atoms with van der Waals surface area (Å²) in [6, 6.07) is 5.49. The molecule has 4 amide bonds. The Kier molecular flexibility index (Phi) is 5.57. The van der Waals surface area contributed by atoms with Crippen LogP contribution in [0.2, 0.25) is 0 Å². The zero-order valence-corrected chi connectivity index (χ0v) is 18.8. The van der Waals surface area contributed by atoms with Crippen molar-refractivity contribution in [1.29, 1.82) is 0 Å². The van der Waals surface area contributed by atoms with E-state index in [0.29, 0.717) is 18.0 Å². The van der Waals surface area contributed by atoms with Gasteiger partial charge in [0, 0.05) is 18.8 Å². The Morgan fingerprint density at radius 2 is 1.74 bits per heavy atom. The molecule has 1 aromatic rings. The molecule has 8 nitrogen and oxygen atoms in total. The molecule has 1 aromatic carbocycles. The molecule has 3 aliphatic rings. The van der Waals surface area contributed by atoms with Crippen LogP contribution in [0.1, 0.15) is 51.0 Å². The molecule has 2 saturated heterocycles. The molecule has 3 unspecified atom stereocenters. The number of nitrogens with zero attached hydrogens (tertiary/aromatic N) is 2. The third kappa shape index (κ3) is 3.95. The molecule has 9 heteroatoms. The van der Waals surface area contributed by atoms with Gasteiger partial charge in [0.25, 0.3) is 5.91 Å². The predicted molar refractivity (Wildman–Crippen MR) is 114 cm³/mol. The molecule has 3 fully saturated rings. The molecule has 31 heavy (non-hydrogen) atoms. The Morgan fingerprint density at radius 1 is 1.10 bits per heavy atom. The molecule has 0 spiro atoms. The van der Waals surface area contributed by atoms with E-state index in [4.69, 9.17) is 0 Å². The fourth-order valence-corrected chi connectivity index (χ4v) is 5.86. The van der Waals surface area contributed by atoms with E-state index in [-0.39, 0.29) is 23.4 Å². The molecule has 1 N–H and O–H groups in total. The van der Waals surface area contributed by atoms with Gasteiger partial charge in [-0.2, -0.15) is 0 Å². The number of sulfone groups is 1. The molecule has 1 saturated carbocycles. The normalized spacial score (nSPS) is 29.0. The van der Waals surface area contributed by atoms with Crippen LogP contribution in [0.25, 0.3) is 0 Å². The summed E-state index contributed by atoms with van der Waals surface area (Å²) in [4.78, 5) is 41.9. The first-order valence-electron chi connectivity index (χ1n) is 10.9. The van der Waals surface area contributed by atoms with Gasteiger partial charge in [0.05, 0.1) is 4.90 Å². The summed E-state index contributed by atoms with van der Waals surface area (Å²) < 4.78 is 23.4. The summed E-state index contributed by atoms with van der Waals surface area (Å²) in [6.07, 6.45) is 7.63.